The zero-order chi connectivity index (χ0) is 12.2. The molecule has 0 aliphatic heterocycles. The van der Waals surface area contributed by atoms with Gasteiger partial charge in [0.05, 0.1) is 0 Å². The number of hydrogen-bond acceptors (Lipinski definition) is 2. The van der Waals surface area contributed by atoms with Crippen LogP contribution in [0.3, 0.4) is 0 Å². The SMILES string of the molecule is Cc1ccc(CNC(C)(C)CCO)cc1F. The van der Waals surface area contributed by atoms with Gasteiger partial charge in [0.2, 0.25) is 0 Å². The lowest BCUT2D eigenvalue weighted by Crippen LogP contribution is -2.39. The second kappa shape index (κ2) is 5.41. The molecule has 3 heteroatoms. The van der Waals surface area contributed by atoms with E-state index in [0.717, 1.165) is 5.56 Å². The molecule has 0 atom stereocenters. The Morgan fingerprint density at radius 2 is 2.06 bits per heavy atom. The van der Waals surface area contributed by atoms with E-state index in [1.165, 1.54) is 0 Å². The van der Waals surface area contributed by atoms with Gasteiger partial charge in [-0.2, -0.15) is 0 Å². The Morgan fingerprint density at radius 1 is 1.38 bits per heavy atom. The third kappa shape index (κ3) is 3.91. The van der Waals surface area contributed by atoms with Crippen molar-refractivity contribution >= 4 is 0 Å². The molecule has 90 valence electrons. The fourth-order valence-corrected chi connectivity index (χ4v) is 1.46. The van der Waals surface area contributed by atoms with Crippen molar-refractivity contribution in [3.63, 3.8) is 0 Å². The number of aliphatic hydroxyl groups excluding tert-OH is 1. The van der Waals surface area contributed by atoms with Gasteiger partial charge >= 0.3 is 0 Å². The second-order valence-electron chi connectivity index (χ2n) is 4.79. The second-order valence-corrected chi connectivity index (χ2v) is 4.79. The maximum absolute atomic E-state index is 13.3. The van der Waals surface area contributed by atoms with Crippen molar-refractivity contribution in [1.82, 2.24) is 5.32 Å². The highest BCUT2D eigenvalue weighted by Gasteiger charge is 2.15. The number of rotatable bonds is 5. The molecule has 2 N–H and O–H groups in total. The predicted octanol–water partition coefficient (Wildman–Crippen LogP) is 2.38. The summed E-state index contributed by atoms with van der Waals surface area (Å²) in [7, 11) is 0. The number of aliphatic hydroxyl groups is 1. The summed E-state index contributed by atoms with van der Waals surface area (Å²) in [4.78, 5) is 0. The Kier molecular flexibility index (Phi) is 4.44. The van der Waals surface area contributed by atoms with Crippen LogP contribution < -0.4 is 5.32 Å². The van der Waals surface area contributed by atoms with E-state index in [4.69, 9.17) is 5.11 Å². The predicted molar refractivity (Wildman–Crippen MR) is 63.8 cm³/mol. The Balaban J connectivity index is 2.57. The van der Waals surface area contributed by atoms with Crippen molar-refractivity contribution in [2.75, 3.05) is 6.61 Å². The van der Waals surface area contributed by atoms with Crippen LogP contribution in [0.2, 0.25) is 0 Å². The molecular formula is C13H20FNO. The summed E-state index contributed by atoms with van der Waals surface area (Å²) >= 11 is 0. The van der Waals surface area contributed by atoms with Crippen molar-refractivity contribution in [3.8, 4) is 0 Å². The standard InChI is InChI=1S/C13H20FNO/c1-10-4-5-11(8-12(10)14)9-15-13(2,3)6-7-16/h4-5,8,15-16H,6-7,9H2,1-3H3. The zero-order valence-electron chi connectivity index (χ0n) is 10.2. The van der Waals surface area contributed by atoms with Gasteiger partial charge in [-0.1, -0.05) is 12.1 Å². The monoisotopic (exact) mass is 225 g/mol. The lowest BCUT2D eigenvalue weighted by atomic mass is 10.0. The zero-order valence-corrected chi connectivity index (χ0v) is 10.2. The van der Waals surface area contributed by atoms with Crippen LogP contribution in [0.5, 0.6) is 0 Å². The van der Waals surface area contributed by atoms with Crippen molar-refractivity contribution in [1.29, 1.82) is 0 Å². The molecule has 2 nitrogen and oxygen atoms in total. The van der Waals surface area contributed by atoms with E-state index in [1.54, 1.807) is 19.1 Å². The first-order valence-electron chi connectivity index (χ1n) is 5.55. The topological polar surface area (TPSA) is 32.3 Å². The molecule has 1 aromatic carbocycles. The molecule has 0 fully saturated rings. The molecular weight excluding hydrogens is 205 g/mol. The van der Waals surface area contributed by atoms with Gasteiger partial charge in [0.25, 0.3) is 0 Å². The maximum Gasteiger partial charge on any atom is 0.126 e. The van der Waals surface area contributed by atoms with E-state index < -0.39 is 0 Å². The van der Waals surface area contributed by atoms with E-state index in [1.807, 2.05) is 19.9 Å². The van der Waals surface area contributed by atoms with Crippen molar-refractivity contribution < 1.29 is 9.50 Å². The quantitative estimate of drug-likeness (QED) is 0.806. The normalized spacial score (nSPS) is 11.8. The molecule has 1 aromatic rings. The molecule has 0 aliphatic carbocycles. The van der Waals surface area contributed by atoms with Gasteiger partial charge in [-0.05, 0) is 44.4 Å². The molecule has 0 heterocycles. The minimum Gasteiger partial charge on any atom is -0.396 e. The Morgan fingerprint density at radius 3 is 2.62 bits per heavy atom. The lowest BCUT2D eigenvalue weighted by Gasteiger charge is -2.25. The molecule has 0 bridgehead atoms. The maximum atomic E-state index is 13.3. The smallest absolute Gasteiger partial charge is 0.126 e. The molecule has 0 amide bonds. The first-order valence-corrected chi connectivity index (χ1v) is 5.55. The largest absolute Gasteiger partial charge is 0.396 e. The minimum atomic E-state index is -0.167. The Labute approximate surface area is 96.5 Å². The van der Waals surface area contributed by atoms with Crippen molar-refractivity contribution in [2.24, 2.45) is 0 Å². The van der Waals surface area contributed by atoms with Gasteiger partial charge in [-0.25, -0.2) is 4.39 Å². The average molecular weight is 225 g/mol. The van der Waals surface area contributed by atoms with E-state index in [-0.39, 0.29) is 18.0 Å². The van der Waals surface area contributed by atoms with Crippen molar-refractivity contribution in [2.45, 2.75) is 39.3 Å². The molecule has 16 heavy (non-hydrogen) atoms. The molecule has 0 aliphatic rings. The Hall–Kier alpha value is -0.930. The fraction of sp³-hybridized carbons (Fsp3) is 0.538. The lowest BCUT2D eigenvalue weighted by molar-refractivity contribution is 0.230. The van der Waals surface area contributed by atoms with Crippen molar-refractivity contribution in [3.05, 3.63) is 35.1 Å². The van der Waals surface area contributed by atoms with Gasteiger partial charge in [0, 0.05) is 18.7 Å². The number of aryl methyl sites for hydroxylation is 1. The number of hydrogen-bond donors (Lipinski definition) is 2. The average Bonchev–Trinajstić information content (AvgIpc) is 2.20. The summed E-state index contributed by atoms with van der Waals surface area (Å²) in [6, 6.07) is 5.25. The highest BCUT2D eigenvalue weighted by Crippen LogP contribution is 2.12. The molecule has 0 unspecified atom stereocenters. The third-order valence-electron chi connectivity index (χ3n) is 2.74. The van der Waals surface area contributed by atoms with Crippen LogP contribution in [-0.2, 0) is 6.54 Å². The van der Waals surface area contributed by atoms with Gasteiger partial charge in [-0.3, -0.25) is 0 Å². The molecule has 0 radical (unpaired) electrons. The minimum absolute atomic E-state index is 0.129. The highest BCUT2D eigenvalue weighted by atomic mass is 19.1. The van der Waals surface area contributed by atoms with Gasteiger partial charge in [0.15, 0.2) is 0 Å². The molecule has 0 aromatic heterocycles. The summed E-state index contributed by atoms with van der Waals surface area (Å²) in [6.45, 7) is 6.57. The number of nitrogens with one attached hydrogen (secondary N) is 1. The first kappa shape index (κ1) is 13.1. The summed E-state index contributed by atoms with van der Waals surface area (Å²) in [5, 5.41) is 12.2. The first-order chi connectivity index (χ1) is 7.44. The van der Waals surface area contributed by atoms with Crippen LogP contribution >= 0.6 is 0 Å². The van der Waals surface area contributed by atoms with Crippen LogP contribution in [-0.4, -0.2) is 17.3 Å². The number of halogens is 1. The van der Waals surface area contributed by atoms with E-state index in [9.17, 15) is 4.39 Å². The van der Waals surface area contributed by atoms with Crippen LogP contribution in [0.15, 0.2) is 18.2 Å². The molecule has 0 spiro atoms. The van der Waals surface area contributed by atoms with E-state index in [2.05, 4.69) is 5.32 Å². The Bertz CT molecular complexity index is 350. The number of benzene rings is 1. The van der Waals surface area contributed by atoms with E-state index >= 15 is 0 Å². The van der Waals surface area contributed by atoms with Gasteiger partial charge in [-0.15, -0.1) is 0 Å². The summed E-state index contributed by atoms with van der Waals surface area (Å²) in [5.74, 6) is -0.167. The molecule has 0 saturated carbocycles. The van der Waals surface area contributed by atoms with Gasteiger partial charge < -0.3 is 10.4 Å². The summed E-state index contributed by atoms with van der Waals surface area (Å²) in [5.41, 5.74) is 1.46. The van der Waals surface area contributed by atoms with E-state index in [0.29, 0.717) is 18.5 Å². The third-order valence-corrected chi connectivity index (χ3v) is 2.74. The highest BCUT2D eigenvalue weighted by molar-refractivity contribution is 5.23. The molecule has 1 rings (SSSR count). The fourth-order valence-electron chi connectivity index (χ4n) is 1.46. The van der Waals surface area contributed by atoms with Crippen LogP contribution in [0.4, 0.5) is 4.39 Å². The van der Waals surface area contributed by atoms with Crippen LogP contribution in [0.25, 0.3) is 0 Å². The summed E-state index contributed by atoms with van der Waals surface area (Å²) in [6.07, 6.45) is 0.682. The van der Waals surface area contributed by atoms with Crippen LogP contribution in [0, 0.1) is 12.7 Å². The summed E-state index contributed by atoms with van der Waals surface area (Å²) < 4.78 is 13.3. The molecule has 0 saturated heterocycles. The van der Waals surface area contributed by atoms with Crippen LogP contribution in [0.1, 0.15) is 31.4 Å². The van der Waals surface area contributed by atoms with Gasteiger partial charge in [0.1, 0.15) is 5.82 Å².